The van der Waals surface area contributed by atoms with Gasteiger partial charge >= 0.3 is 0 Å². The molecule has 126 valence electrons. The van der Waals surface area contributed by atoms with Crippen LogP contribution >= 0.6 is 11.3 Å². The summed E-state index contributed by atoms with van der Waals surface area (Å²) in [4.78, 5) is 24.8. The van der Waals surface area contributed by atoms with Gasteiger partial charge in [-0.05, 0) is 29.6 Å². The molecule has 0 bridgehead atoms. The highest BCUT2D eigenvalue weighted by Crippen LogP contribution is 2.18. The molecule has 3 rings (SSSR count). The molecule has 6 nitrogen and oxygen atoms in total. The highest BCUT2D eigenvalue weighted by atomic mass is 32.1. The molecule has 1 fully saturated rings. The van der Waals surface area contributed by atoms with Crippen LogP contribution in [-0.2, 0) is 9.53 Å². The molecule has 0 radical (unpaired) electrons. The third-order valence-corrected chi connectivity index (χ3v) is 4.44. The molecule has 1 aromatic heterocycles. The van der Waals surface area contributed by atoms with Gasteiger partial charge in [0.1, 0.15) is 0 Å². The maximum Gasteiger partial charge on any atom is 0.265 e. The highest BCUT2D eigenvalue weighted by molar-refractivity contribution is 7.12. The summed E-state index contributed by atoms with van der Waals surface area (Å²) in [6.45, 7) is 2.14. The van der Waals surface area contributed by atoms with E-state index in [1.807, 2.05) is 11.4 Å². The lowest BCUT2D eigenvalue weighted by atomic mass is 10.2. The van der Waals surface area contributed by atoms with Crippen LogP contribution in [0.2, 0.25) is 0 Å². The number of morpholine rings is 1. The van der Waals surface area contributed by atoms with E-state index in [0.717, 1.165) is 6.54 Å². The molecule has 2 heterocycles. The third-order valence-electron chi connectivity index (χ3n) is 3.57. The number of thiophene rings is 1. The van der Waals surface area contributed by atoms with Crippen molar-refractivity contribution in [1.29, 1.82) is 0 Å². The zero-order valence-corrected chi connectivity index (χ0v) is 13.9. The van der Waals surface area contributed by atoms with Crippen LogP contribution in [0.4, 0.5) is 11.4 Å². The van der Waals surface area contributed by atoms with Gasteiger partial charge in [0.25, 0.3) is 5.91 Å². The molecule has 1 aliphatic rings. The Morgan fingerprint density at radius 3 is 2.75 bits per heavy atom. The summed E-state index contributed by atoms with van der Waals surface area (Å²) < 4.78 is 5.52. The molecule has 2 amide bonds. The van der Waals surface area contributed by atoms with Crippen molar-refractivity contribution in [3.8, 4) is 0 Å². The maximum atomic E-state index is 12.1. The predicted octanol–water partition coefficient (Wildman–Crippen LogP) is 2.32. The lowest BCUT2D eigenvalue weighted by molar-refractivity contribution is -0.119. The van der Waals surface area contributed by atoms with Crippen LogP contribution in [0.5, 0.6) is 0 Å². The van der Waals surface area contributed by atoms with Gasteiger partial charge in [0.15, 0.2) is 0 Å². The number of benzene rings is 1. The Bertz CT molecular complexity index is 697. The highest BCUT2D eigenvalue weighted by Gasteiger charge is 2.17. The number of anilines is 2. The minimum atomic E-state index is -0.157. The second kappa shape index (κ2) is 8.05. The molecule has 1 saturated heterocycles. The van der Waals surface area contributed by atoms with Crippen molar-refractivity contribution in [2.24, 2.45) is 0 Å². The molecule has 1 unspecified atom stereocenters. The molecule has 0 spiro atoms. The minimum Gasteiger partial charge on any atom is -0.375 e. The molecule has 0 aliphatic carbocycles. The van der Waals surface area contributed by atoms with E-state index in [9.17, 15) is 9.59 Å². The van der Waals surface area contributed by atoms with E-state index in [1.54, 1.807) is 30.3 Å². The lowest BCUT2D eigenvalue weighted by Crippen LogP contribution is -2.40. The number of nitrogens with one attached hydrogen (secondary N) is 3. The molecular formula is C17H19N3O3S. The largest absolute Gasteiger partial charge is 0.375 e. The smallest absolute Gasteiger partial charge is 0.265 e. The Kier molecular flexibility index (Phi) is 5.58. The van der Waals surface area contributed by atoms with Crippen molar-refractivity contribution >= 4 is 34.5 Å². The summed E-state index contributed by atoms with van der Waals surface area (Å²) in [5, 5.41) is 10.7. The van der Waals surface area contributed by atoms with Gasteiger partial charge in [-0.3, -0.25) is 9.59 Å². The van der Waals surface area contributed by atoms with Gasteiger partial charge in [-0.1, -0.05) is 12.1 Å². The number of hydrogen-bond acceptors (Lipinski definition) is 5. The van der Waals surface area contributed by atoms with Gasteiger partial charge in [0.2, 0.25) is 5.91 Å². The number of hydrogen-bond donors (Lipinski definition) is 3. The van der Waals surface area contributed by atoms with Crippen molar-refractivity contribution in [2.75, 3.05) is 30.3 Å². The SMILES string of the molecule is O=C(CC1CNCCO1)Nc1cccc(NC(=O)c2cccs2)c1. The van der Waals surface area contributed by atoms with Gasteiger partial charge in [0.05, 0.1) is 24.0 Å². The van der Waals surface area contributed by atoms with E-state index in [1.165, 1.54) is 11.3 Å². The van der Waals surface area contributed by atoms with E-state index in [0.29, 0.717) is 35.8 Å². The Morgan fingerprint density at radius 1 is 1.21 bits per heavy atom. The first-order valence-corrected chi connectivity index (χ1v) is 8.66. The summed E-state index contributed by atoms with van der Waals surface area (Å²) in [7, 11) is 0. The molecule has 0 saturated carbocycles. The lowest BCUT2D eigenvalue weighted by Gasteiger charge is -2.23. The summed E-state index contributed by atoms with van der Waals surface area (Å²) in [5.74, 6) is -0.263. The van der Waals surface area contributed by atoms with Crippen LogP contribution in [0.15, 0.2) is 41.8 Å². The predicted molar refractivity (Wildman–Crippen MR) is 94.6 cm³/mol. The van der Waals surface area contributed by atoms with E-state index >= 15 is 0 Å². The van der Waals surface area contributed by atoms with Crippen molar-refractivity contribution in [3.63, 3.8) is 0 Å². The zero-order valence-electron chi connectivity index (χ0n) is 13.1. The Hall–Kier alpha value is -2.22. The molecular weight excluding hydrogens is 326 g/mol. The summed E-state index contributed by atoms with van der Waals surface area (Å²) in [6, 6.07) is 10.7. The number of amides is 2. The molecule has 24 heavy (non-hydrogen) atoms. The molecule has 3 N–H and O–H groups in total. The van der Waals surface area contributed by atoms with E-state index in [4.69, 9.17) is 4.74 Å². The topological polar surface area (TPSA) is 79.5 Å². The van der Waals surface area contributed by atoms with E-state index in [2.05, 4.69) is 16.0 Å². The van der Waals surface area contributed by atoms with Crippen LogP contribution in [-0.4, -0.2) is 37.6 Å². The van der Waals surface area contributed by atoms with Crippen molar-refractivity contribution < 1.29 is 14.3 Å². The minimum absolute atomic E-state index is 0.0968. The van der Waals surface area contributed by atoms with E-state index in [-0.39, 0.29) is 17.9 Å². The van der Waals surface area contributed by atoms with Crippen LogP contribution in [0.3, 0.4) is 0 Å². The number of rotatable bonds is 5. The van der Waals surface area contributed by atoms with Crippen molar-refractivity contribution in [3.05, 3.63) is 46.7 Å². The van der Waals surface area contributed by atoms with Gasteiger partial charge in [-0.2, -0.15) is 0 Å². The number of carbonyl (C=O) groups is 2. The number of ether oxygens (including phenoxy) is 1. The standard InChI is InChI=1S/C17H19N3O3S/c21-16(10-14-11-18-6-7-23-14)19-12-3-1-4-13(9-12)20-17(22)15-5-2-8-24-15/h1-5,8-9,14,18H,6-7,10-11H2,(H,19,21)(H,20,22). The number of carbonyl (C=O) groups excluding carboxylic acids is 2. The molecule has 1 aliphatic heterocycles. The maximum absolute atomic E-state index is 12.1. The van der Waals surface area contributed by atoms with Crippen LogP contribution in [0, 0.1) is 0 Å². The molecule has 1 aromatic carbocycles. The average Bonchev–Trinajstić information content (AvgIpc) is 3.10. The summed E-state index contributed by atoms with van der Waals surface area (Å²) >= 11 is 1.38. The zero-order chi connectivity index (χ0) is 16.8. The second-order valence-corrected chi connectivity index (χ2v) is 6.41. The van der Waals surface area contributed by atoms with Crippen LogP contribution in [0.1, 0.15) is 16.1 Å². The van der Waals surface area contributed by atoms with Crippen LogP contribution < -0.4 is 16.0 Å². The first-order chi connectivity index (χ1) is 11.7. The molecule has 1 atom stereocenters. The normalized spacial score (nSPS) is 17.2. The Morgan fingerprint density at radius 2 is 2.04 bits per heavy atom. The quantitative estimate of drug-likeness (QED) is 0.777. The molecule has 2 aromatic rings. The Balaban J connectivity index is 1.56. The third kappa shape index (κ3) is 4.64. The van der Waals surface area contributed by atoms with E-state index < -0.39 is 0 Å². The van der Waals surface area contributed by atoms with Gasteiger partial charge < -0.3 is 20.7 Å². The summed E-state index contributed by atoms with van der Waals surface area (Å²) in [6.07, 6.45) is 0.208. The second-order valence-electron chi connectivity index (χ2n) is 5.46. The summed E-state index contributed by atoms with van der Waals surface area (Å²) in [5.41, 5.74) is 1.29. The van der Waals surface area contributed by atoms with Gasteiger partial charge in [-0.25, -0.2) is 0 Å². The Labute approximate surface area is 144 Å². The van der Waals surface area contributed by atoms with Crippen molar-refractivity contribution in [1.82, 2.24) is 5.32 Å². The molecule has 7 heteroatoms. The fraction of sp³-hybridized carbons (Fsp3) is 0.294. The van der Waals surface area contributed by atoms with Crippen LogP contribution in [0.25, 0.3) is 0 Å². The fourth-order valence-electron chi connectivity index (χ4n) is 2.44. The average molecular weight is 345 g/mol. The van der Waals surface area contributed by atoms with Gasteiger partial charge in [0, 0.05) is 24.5 Å². The monoisotopic (exact) mass is 345 g/mol. The first kappa shape index (κ1) is 16.6. The van der Waals surface area contributed by atoms with Gasteiger partial charge in [-0.15, -0.1) is 11.3 Å². The van der Waals surface area contributed by atoms with Crippen molar-refractivity contribution in [2.45, 2.75) is 12.5 Å². The first-order valence-electron chi connectivity index (χ1n) is 7.78. The fourth-order valence-corrected chi connectivity index (χ4v) is 3.06.